The smallest absolute Gasteiger partial charge is 0.233 e. The normalized spacial score (nSPS) is 30.3. The number of nitrogens with zero attached hydrogens (tertiary/aromatic N) is 1. The summed E-state index contributed by atoms with van der Waals surface area (Å²) in [6.45, 7) is 4.15. The molecule has 2 saturated heterocycles. The summed E-state index contributed by atoms with van der Waals surface area (Å²) in [5, 5.41) is 3.55. The number of nitrogens with one attached hydrogen (secondary N) is 1. The zero-order valence-electron chi connectivity index (χ0n) is 13.3. The molecule has 1 aliphatic carbocycles. The Bertz CT molecular complexity index is 538. The molecule has 1 amide bonds. The van der Waals surface area contributed by atoms with E-state index >= 15 is 0 Å². The van der Waals surface area contributed by atoms with Crippen molar-refractivity contribution in [3.05, 3.63) is 35.9 Å². The van der Waals surface area contributed by atoms with E-state index in [0.717, 1.165) is 45.4 Å². The molecule has 0 bridgehead atoms. The fraction of sp³-hybridized carbons (Fsp3) is 0.632. The molecule has 1 unspecified atom stereocenters. The summed E-state index contributed by atoms with van der Waals surface area (Å²) >= 11 is 0. The second kappa shape index (κ2) is 5.38. The highest BCUT2D eigenvalue weighted by Crippen LogP contribution is 2.50. The SMILES string of the molecule is O=C(N1CCCC2(CCCNC2)C1)C1(c2ccccc2)CC1. The standard InChI is InChI=1S/C19H26N2O/c22-17(19(10-11-19)16-6-2-1-3-7-16)21-13-5-9-18(15-21)8-4-12-20-14-18/h1-3,6-7,20H,4-5,8-15H2. The summed E-state index contributed by atoms with van der Waals surface area (Å²) in [6.07, 6.45) is 7.03. The van der Waals surface area contributed by atoms with E-state index in [1.54, 1.807) is 0 Å². The molecule has 118 valence electrons. The minimum absolute atomic E-state index is 0.193. The van der Waals surface area contributed by atoms with Gasteiger partial charge in [0, 0.05) is 25.0 Å². The first-order valence-corrected chi connectivity index (χ1v) is 8.80. The molecule has 1 aromatic rings. The molecule has 1 spiro atoms. The zero-order chi connectivity index (χ0) is 15.0. The van der Waals surface area contributed by atoms with Gasteiger partial charge in [-0.05, 0) is 50.6 Å². The van der Waals surface area contributed by atoms with Crippen LogP contribution in [0.1, 0.15) is 44.1 Å². The Morgan fingerprint density at radius 1 is 1.05 bits per heavy atom. The molecule has 1 N–H and O–H groups in total. The van der Waals surface area contributed by atoms with Crippen LogP contribution in [0.15, 0.2) is 30.3 Å². The first-order chi connectivity index (χ1) is 10.7. The molecule has 1 saturated carbocycles. The molecule has 3 nitrogen and oxygen atoms in total. The summed E-state index contributed by atoms with van der Waals surface area (Å²) in [5.74, 6) is 0.392. The van der Waals surface area contributed by atoms with Crippen LogP contribution in [-0.2, 0) is 10.2 Å². The third kappa shape index (κ3) is 2.36. The Kier molecular flexibility index (Phi) is 3.48. The lowest BCUT2D eigenvalue weighted by atomic mass is 9.74. The van der Waals surface area contributed by atoms with Gasteiger partial charge in [-0.3, -0.25) is 4.79 Å². The maximum Gasteiger partial charge on any atom is 0.233 e. The second-order valence-electron chi connectivity index (χ2n) is 7.56. The summed E-state index contributed by atoms with van der Waals surface area (Å²) in [5.41, 5.74) is 1.38. The predicted molar refractivity (Wildman–Crippen MR) is 87.7 cm³/mol. The van der Waals surface area contributed by atoms with E-state index in [1.165, 1.54) is 24.8 Å². The molecular weight excluding hydrogens is 272 g/mol. The molecule has 4 rings (SSSR count). The Morgan fingerprint density at radius 2 is 1.82 bits per heavy atom. The van der Waals surface area contributed by atoms with Crippen molar-refractivity contribution in [1.29, 1.82) is 0 Å². The lowest BCUT2D eigenvalue weighted by Crippen LogP contribution is -2.54. The van der Waals surface area contributed by atoms with Crippen LogP contribution in [0.3, 0.4) is 0 Å². The van der Waals surface area contributed by atoms with Gasteiger partial charge in [0.1, 0.15) is 0 Å². The lowest BCUT2D eigenvalue weighted by Gasteiger charge is -2.46. The van der Waals surface area contributed by atoms with E-state index < -0.39 is 0 Å². The lowest BCUT2D eigenvalue weighted by molar-refractivity contribution is -0.138. The Balaban J connectivity index is 1.53. The van der Waals surface area contributed by atoms with E-state index in [2.05, 4.69) is 34.5 Å². The third-order valence-electron chi connectivity index (χ3n) is 6.00. The van der Waals surface area contributed by atoms with Gasteiger partial charge in [0.25, 0.3) is 0 Å². The second-order valence-corrected chi connectivity index (χ2v) is 7.56. The number of rotatable bonds is 2. The summed E-state index contributed by atoms with van der Waals surface area (Å²) in [6, 6.07) is 10.4. The monoisotopic (exact) mass is 298 g/mol. The first kappa shape index (κ1) is 14.3. The maximum absolute atomic E-state index is 13.2. The molecule has 22 heavy (non-hydrogen) atoms. The van der Waals surface area contributed by atoms with Crippen molar-refractivity contribution in [2.45, 2.75) is 43.9 Å². The highest BCUT2D eigenvalue weighted by molar-refractivity contribution is 5.91. The number of piperidine rings is 2. The fourth-order valence-electron chi connectivity index (χ4n) is 4.57. The van der Waals surface area contributed by atoms with Crippen molar-refractivity contribution in [2.24, 2.45) is 5.41 Å². The molecular formula is C19H26N2O. The first-order valence-electron chi connectivity index (χ1n) is 8.80. The van der Waals surface area contributed by atoms with Crippen LogP contribution in [0.5, 0.6) is 0 Å². The topological polar surface area (TPSA) is 32.3 Å². The molecule has 1 atom stereocenters. The van der Waals surface area contributed by atoms with Crippen molar-refractivity contribution < 1.29 is 4.79 Å². The maximum atomic E-state index is 13.2. The highest BCUT2D eigenvalue weighted by Gasteiger charge is 2.54. The number of carbonyl (C=O) groups excluding carboxylic acids is 1. The summed E-state index contributed by atoms with van der Waals surface area (Å²) in [4.78, 5) is 15.4. The minimum atomic E-state index is -0.193. The minimum Gasteiger partial charge on any atom is -0.341 e. The summed E-state index contributed by atoms with van der Waals surface area (Å²) < 4.78 is 0. The zero-order valence-corrected chi connectivity index (χ0v) is 13.3. The van der Waals surface area contributed by atoms with Gasteiger partial charge in [0.15, 0.2) is 0 Å². The van der Waals surface area contributed by atoms with Gasteiger partial charge in [-0.1, -0.05) is 30.3 Å². The molecule has 0 aromatic heterocycles. The van der Waals surface area contributed by atoms with Gasteiger partial charge in [-0.25, -0.2) is 0 Å². The quantitative estimate of drug-likeness (QED) is 0.910. The van der Waals surface area contributed by atoms with Crippen molar-refractivity contribution in [3.8, 4) is 0 Å². The molecule has 1 aromatic carbocycles. The van der Waals surface area contributed by atoms with E-state index in [0.29, 0.717) is 11.3 Å². The van der Waals surface area contributed by atoms with Crippen molar-refractivity contribution in [3.63, 3.8) is 0 Å². The number of likely N-dealkylation sites (tertiary alicyclic amines) is 1. The van der Waals surface area contributed by atoms with Gasteiger partial charge >= 0.3 is 0 Å². The van der Waals surface area contributed by atoms with Crippen LogP contribution in [0.25, 0.3) is 0 Å². The van der Waals surface area contributed by atoms with E-state index in [-0.39, 0.29) is 5.41 Å². The van der Waals surface area contributed by atoms with Crippen LogP contribution in [0.4, 0.5) is 0 Å². The van der Waals surface area contributed by atoms with Crippen LogP contribution >= 0.6 is 0 Å². The molecule has 3 fully saturated rings. The van der Waals surface area contributed by atoms with E-state index in [1.807, 2.05) is 6.07 Å². The molecule has 2 heterocycles. The highest BCUT2D eigenvalue weighted by atomic mass is 16.2. The molecule has 0 radical (unpaired) electrons. The van der Waals surface area contributed by atoms with Gasteiger partial charge < -0.3 is 10.2 Å². The van der Waals surface area contributed by atoms with Crippen molar-refractivity contribution in [1.82, 2.24) is 10.2 Å². The van der Waals surface area contributed by atoms with Gasteiger partial charge in [-0.2, -0.15) is 0 Å². The van der Waals surface area contributed by atoms with Crippen molar-refractivity contribution in [2.75, 3.05) is 26.2 Å². The van der Waals surface area contributed by atoms with Gasteiger partial charge in [-0.15, -0.1) is 0 Å². The largest absolute Gasteiger partial charge is 0.341 e. The average Bonchev–Trinajstić information content (AvgIpc) is 3.38. The summed E-state index contributed by atoms with van der Waals surface area (Å²) in [7, 11) is 0. The van der Waals surface area contributed by atoms with Gasteiger partial charge in [0.2, 0.25) is 5.91 Å². The fourth-order valence-corrected chi connectivity index (χ4v) is 4.57. The van der Waals surface area contributed by atoms with Crippen LogP contribution < -0.4 is 5.32 Å². The number of hydrogen-bond acceptors (Lipinski definition) is 2. The number of carbonyl (C=O) groups is 1. The number of amides is 1. The Hall–Kier alpha value is -1.35. The van der Waals surface area contributed by atoms with Gasteiger partial charge in [0.05, 0.1) is 5.41 Å². The Labute approximate surface area is 133 Å². The number of hydrogen-bond donors (Lipinski definition) is 1. The van der Waals surface area contributed by atoms with E-state index in [4.69, 9.17) is 0 Å². The average molecular weight is 298 g/mol. The predicted octanol–water partition coefficient (Wildman–Crippen LogP) is 2.71. The molecule has 3 heteroatoms. The van der Waals surface area contributed by atoms with Crippen LogP contribution in [-0.4, -0.2) is 37.0 Å². The van der Waals surface area contributed by atoms with Crippen LogP contribution in [0, 0.1) is 5.41 Å². The van der Waals surface area contributed by atoms with Crippen molar-refractivity contribution >= 4 is 5.91 Å². The third-order valence-corrected chi connectivity index (χ3v) is 6.00. The van der Waals surface area contributed by atoms with E-state index in [9.17, 15) is 4.79 Å². The molecule has 3 aliphatic rings. The molecule has 2 aliphatic heterocycles. The van der Waals surface area contributed by atoms with Crippen LogP contribution in [0.2, 0.25) is 0 Å². The Morgan fingerprint density at radius 3 is 2.50 bits per heavy atom. The number of benzene rings is 1.